The Labute approximate surface area is 230 Å². The number of carboxylic acid groups (broad SMARTS) is 1. The Balaban J connectivity index is 3.38. The monoisotopic (exact) mass is 522 g/mol. The molecule has 0 fully saturated rings. The molecule has 218 valence electrons. The van der Waals surface area contributed by atoms with Gasteiger partial charge < -0.3 is 9.84 Å². The maximum absolute atomic E-state index is 12.0. The number of carbonyl (C=O) groups is 2. The highest BCUT2D eigenvalue weighted by Gasteiger charge is 2.22. The number of unbranched alkanes of at least 4 members (excludes halogenated alkanes) is 20. The van der Waals surface area contributed by atoms with Gasteiger partial charge in [-0.05, 0) is 38.5 Å². The minimum Gasteiger partial charge on any atom is -0.481 e. The quantitative estimate of drug-likeness (QED) is 0.0602. The molecule has 0 bridgehead atoms. The Morgan fingerprint density at radius 2 is 1.00 bits per heavy atom. The summed E-state index contributed by atoms with van der Waals surface area (Å²) >= 11 is 0. The zero-order valence-electron chi connectivity index (χ0n) is 24.8. The van der Waals surface area contributed by atoms with Crippen LogP contribution < -0.4 is 0 Å². The van der Waals surface area contributed by atoms with Crippen molar-refractivity contribution in [3.8, 4) is 0 Å². The number of aliphatic carboxylic acids is 1. The number of carboxylic acids is 1. The summed E-state index contributed by atoms with van der Waals surface area (Å²) in [5.41, 5.74) is 0. The van der Waals surface area contributed by atoms with Gasteiger partial charge in [0, 0.05) is 0 Å². The SMILES string of the molecule is CCCCCCCCCC/C=C/CCCCCCCCCCCCCCC(CC(=O)O)C(=O)OCCC. The molecule has 1 unspecified atom stereocenters. The summed E-state index contributed by atoms with van der Waals surface area (Å²) in [6, 6.07) is 0. The Morgan fingerprint density at radius 1 is 0.595 bits per heavy atom. The van der Waals surface area contributed by atoms with E-state index in [2.05, 4.69) is 19.1 Å². The van der Waals surface area contributed by atoms with Crippen LogP contribution in [0.2, 0.25) is 0 Å². The fourth-order valence-corrected chi connectivity index (χ4v) is 4.89. The summed E-state index contributed by atoms with van der Waals surface area (Å²) in [4.78, 5) is 23.0. The summed E-state index contributed by atoms with van der Waals surface area (Å²) in [6.45, 7) is 4.61. The molecule has 0 aromatic heterocycles. The van der Waals surface area contributed by atoms with Gasteiger partial charge in [-0.3, -0.25) is 9.59 Å². The predicted octanol–water partition coefficient (Wildman–Crippen LogP) is 10.6. The van der Waals surface area contributed by atoms with Crippen LogP contribution in [0.1, 0.15) is 174 Å². The van der Waals surface area contributed by atoms with Gasteiger partial charge in [-0.2, -0.15) is 0 Å². The van der Waals surface area contributed by atoms with Crippen LogP contribution >= 0.6 is 0 Å². The molecule has 0 aromatic carbocycles. The van der Waals surface area contributed by atoms with Crippen molar-refractivity contribution in [2.75, 3.05) is 6.61 Å². The fraction of sp³-hybridized carbons (Fsp3) is 0.879. The first-order valence-electron chi connectivity index (χ1n) is 16.1. The highest BCUT2D eigenvalue weighted by atomic mass is 16.5. The molecule has 1 atom stereocenters. The van der Waals surface area contributed by atoms with Crippen molar-refractivity contribution in [2.45, 2.75) is 174 Å². The van der Waals surface area contributed by atoms with Crippen LogP contribution in [-0.2, 0) is 14.3 Å². The minimum atomic E-state index is -0.917. The van der Waals surface area contributed by atoms with E-state index in [1.165, 1.54) is 128 Å². The van der Waals surface area contributed by atoms with E-state index in [1.54, 1.807) is 0 Å². The number of carbonyl (C=O) groups excluding carboxylic acids is 1. The van der Waals surface area contributed by atoms with Gasteiger partial charge >= 0.3 is 11.9 Å². The molecule has 0 aliphatic rings. The third kappa shape index (κ3) is 27.5. The summed E-state index contributed by atoms with van der Waals surface area (Å²) in [5.74, 6) is -1.74. The van der Waals surface area contributed by atoms with Crippen molar-refractivity contribution in [2.24, 2.45) is 5.92 Å². The lowest BCUT2D eigenvalue weighted by molar-refractivity contribution is -0.153. The number of allylic oxidation sites excluding steroid dienone is 2. The second-order valence-electron chi connectivity index (χ2n) is 11.0. The molecular weight excluding hydrogens is 460 g/mol. The van der Waals surface area contributed by atoms with E-state index in [1.807, 2.05) is 6.92 Å². The van der Waals surface area contributed by atoms with Crippen LogP contribution in [0.15, 0.2) is 12.2 Å². The lowest BCUT2D eigenvalue weighted by Crippen LogP contribution is -2.21. The molecule has 0 heterocycles. The van der Waals surface area contributed by atoms with Gasteiger partial charge in [0.25, 0.3) is 0 Å². The highest BCUT2D eigenvalue weighted by molar-refractivity contribution is 5.79. The Bertz CT molecular complexity index is 528. The van der Waals surface area contributed by atoms with Crippen LogP contribution in [0.3, 0.4) is 0 Å². The Morgan fingerprint density at radius 3 is 1.41 bits per heavy atom. The van der Waals surface area contributed by atoms with Crippen molar-refractivity contribution in [3.05, 3.63) is 12.2 Å². The van der Waals surface area contributed by atoms with Gasteiger partial charge in [0.1, 0.15) is 0 Å². The molecule has 37 heavy (non-hydrogen) atoms. The Hall–Kier alpha value is -1.32. The van der Waals surface area contributed by atoms with Gasteiger partial charge in [-0.1, -0.05) is 142 Å². The fourth-order valence-electron chi connectivity index (χ4n) is 4.89. The van der Waals surface area contributed by atoms with Gasteiger partial charge in [0.05, 0.1) is 18.9 Å². The van der Waals surface area contributed by atoms with E-state index >= 15 is 0 Å². The molecule has 0 radical (unpaired) electrons. The summed E-state index contributed by atoms with van der Waals surface area (Å²) in [7, 11) is 0. The lowest BCUT2D eigenvalue weighted by atomic mass is 9.97. The smallest absolute Gasteiger partial charge is 0.309 e. The van der Waals surface area contributed by atoms with Gasteiger partial charge in [0.15, 0.2) is 0 Å². The van der Waals surface area contributed by atoms with E-state index in [9.17, 15) is 9.59 Å². The zero-order chi connectivity index (χ0) is 27.2. The standard InChI is InChI=1S/C33H62O4/c1-3-5-6-7-8-9-10-11-12-13-14-15-16-17-18-19-20-21-22-23-24-25-26-27-28-31(30-32(34)35)33(36)37-29-4-2/h13-14,31H,3-12,15-30H2,1-2H3,(H,34,35)/b14-13+. The molecule has 1 N–H and O–H groups in total. The van der Waals surface area contributed by atoms with Crippen LogP contribution in [0.5, 0.6) is 0 Å². The number of rotatable bonds is 29. The molecule has 0 amide bonds. The molecule has 0 spiro atoms. The highest BCUT2D eigenvalue weighted by Crippen LogP contribution is 2.18. The van der Waals surface area contributed by atoms with E-state index < -0.39 is 11.9 Å². The Kier molecular flexibility index (Phi) is 28.2. The summed E-state index contributed by atoms with van der Waals surface area (Å²) in [5, 5.41) is 9.04. The van der Waals surface area contributed by atoms with Gasteiger partial charge in [-0.15, -0.1) is 0 Å². The van der Waals surface area contributed by atoms with Crippen LogP contribution in [-0.4, -0.2) is 23.7 Å². The first-order chi connectivity index (χ1) is 18.1. The molecule has 0 aliphatic heterocycles. The maximum Gasteiger partial charge on any atom is 0.309 e. The number of hydrogen-bond acceptors (Lipinski definition) is 3. The normalized spacial score (nSPS) is 12.3. The van der Waals surface area contributed by atoms with Crippen molar-refractivity contribution >= 4 is 11.9 Å². The summed E-state index contributed by atoms with van der Waals surface area (Å²) < 4.78 is 5.15. The molecule has 4 nitrogen and oxygen atoms in total. The van der Waals surface area contributed by atoms with Crippen molar-refractivity contribution in [1.82, 2.24) is 0 Å². The van der Waals surface area contributed by atoms with Crippen LogP contribution in [0.25, 0.3) is 0 Å². The molecule has 4 heteroatoms. The van der Waals surface area contributed by atoms with Crippen LogP contribution in [0.4, 0.5) is 0 Å². The summed E-state index contributed by atoms with van der Waals surface area (Å²) in [6.07, 6.45) is 35.1. The molecule has 0 saturated carbocycles. The first-order valence-corrected chi connectivity index (χ1v) is 16.1. The molecule has 0 rings (SSSR count). The van der Waals surface area contributed by atoms with Crippen molar-refractivity contribution in [3.63, 3.8) is 0 Å². The van der Waals surface area contributed by atoms with E-state index in [-0.39, 0.29) is 12.4 Å². The molecular formula is C33H62O4. The van der Waals surface area contributed by atoms with Crippen LogP contribution in [0, 0.1) is 5.92 Å². The second-order valence-corrected chi connectivity index (χ2v) is 11.0. The maximum atomic E-state index is 12.0. The number of ether oxygens (including phenoxy) is 1. The van der Waals surface area contributed by atoms with Crippen molar-refractivity contribution in [1.29, 1.82) is 0 Å². The second kappa shape index (κ2) is 29.2. The van der Waals surface area contributed by atoms with E-state index in [0.717, 1.165) is 19.3 Å². The minimum absolute atomic E-state index is 0.112. The van der Waals surface area contributed by atoms with E-state index in [4.69, 9.17) is 9.84 Å². The number of esters is 1. The number of hydrogen-bond donors (Lipinski definition) is 1. The zero-order valence-corrected chi connectivity index (χ0v) is 24.8. The molecule has 0 saturated heterocycles. The topological polar surface area (TPSA) is 63.6 Å². The molecule has 0 aromatic rings. The molecule has 0 aliphatic carbocycles. The third-order valence-corrected chi connectivity index (χ3v) is 7.27. The first kappa shape index (κ1) is 35.7. The lowest BCUT2D eigenvalue weighted by Gasteiger charge is -2.13. The van der Waals surface area contributed by atoms with Gasteiger partial charge in [-0.25, -0.2) is 0 Å². The average molecular weight is 523 g/mol. The largest absolute Gasteiger partial charge is 0.481 e. The van der Waals surface area contributed by atoms with E-state index in [0.29, 0.717) is 13.0 Å². The average Bonchev–Trinajstić information content (AvgIpc) is 2.88. The predicted molar refractivity (Wildman–Crippen MR) is 158 cm³/mol. The van der Waals surface area contributed by atoms with Gasteiger partial charge in [0.2, 0.25) is 0 Å². The van der Waals surface area contributed by atoms with Crippen molar-refractivity contribution < 1.29 is 19.4 Å². The third-order valence-electron chi connectivity index (χ3n) is 7.27.